The van der Waals surface area contributed by atoms with Crippen LogP contribution in [0.1, 0.15) is 24.5 Å². The van der Waals surface area contributed by atoms with Gasteiger partial charge in [0.25, 0.3) is 0 Å². The number of sulfonamides is 1. The van der Waals surface area contributed by atoms with Crippen molar-refractivity contribution >= 4 is 10.0 Å². The molecule has 0 spiro atoms. The molecule has 3 aromatic rings. The van der Waals surface area contributed by atoms with Gasteiger partial charge >= 0.3 is 0 Å². The molecule has 7 heteroatoms. The van der Waals surface area contributed by atoms with E-state index in [9.17, 15) is 13.5 Å². The first kappa shape index (κ1) is 20.8. The van der Waals surface area contributed by atoms with E-state index in [2.05, 4.69) is 4.98 Å². The molecule has 0 radical (unpaired) electrons. The van der Waals surface area contributed by atoms with Crippen LogP contribution in [0.5, 0.6) is 11.5 Å². The molecule has 1 aromatic heterocycles. The van der Waals surface area contributed by atoms with Crippen molar-refractivity contribution in [3.8, 4) is 11.5 Å². The third kappa shape index (κ3) is 5.34. The monoisotopic (exact) mass is 412 g/mol. The highest BCUT2D eigenvalue weighted by Crippen LogP contribution is 2.29. The lowest BCUT2D eigenvalue weighted by Gasteiger charge is -2.23. The summed E-state index contributed by atoms with van der Waals surface area (Å²) in [6.45, 7) is 2.79. The molecular formula is C22H24N2O4S. The van der Waals surface area contributed by atoms with E-state index in [1.807, 2.05) is 37.3 Å². The number of hydrogen-bond acceptors (Lipinski definition) is 5. The molecule has 0 saturated heterocycles. The predicted molar refractivity (Wildman–Crippen MR) is 111 cm³/mol. The molecule has 152 valence electrons. The summed E-state index contributed by atoms with van der Waals surface area (Å²) >= 11 is 0. The molecule has 0 bridgehead atoms. The number of rotatable bonds is 9. The van der Waals surface area contributed by atoms with Crippen LogP contribution in [0, 0.1) is 0 Å². The molecule has 0 aliphatic rings. The van der Waals surface area contributed by atoms with Crippen LogP contribution in [0.3, 0.4) is 0 Å². The Kier molecular flexibility index (Phi) is 6.85. The first-order valence-corrected chi connectivity index (χ1v) is 10.8. The Morgan fingerprint density at radius 2 is 1.76 bits per heavy atom. The highest BCUT2D eigenvalue weighted by molar-refractivity contribution is 7.89. The smallest absolute Gasteiger partial charge is 0.245 e. The fourth-order valence-corrected chi connectivity index (χ4v) is 4.24. The molecule has 6 nitrogen and oxygen atoms in total. The lowest BCUT2D eigenvalue weighted by atomic mass is 10.2. The van der Waals surface area contributed by atoms with E-state index < -0.39 is 10.0 Å². The predicted octanol–water partition coefficient (Wildman–Crippen LogP) is 3.97. The zero-order valence-electron chi connectivity index (χ0n) is 16.2. The Labute approximate surface area is 171 Å². The molecule has 3 rings (SSSR count). The van der Waals surface area contributed by atoms with Crippen molar-refractivity contribution in [2.24, 2.45) is 0 Å². The van der Waals surface area contributed by atoms with Crippen LogP contribution in [0.15, 0.2) is 78.0 Å². The van der Waals surface area contributed by atoms with Crippen LogP contribution in [-0.4, -0.2) is 29.4 Å². The van der Waals surface area contributed by atoms with Crippen LogP contribution >= 0.6 is 0 Å². The van der Waals surface area contributed by atoms with Crippen LogP contribution in [0.2, 0.25) is 0 Å². The maximum atomic E-state index is 13.2. The van der Waals surface area contributed by atoms with Crippen molar-refractivity contribution in [1.82, 2.24) is 9.29 Å². The molecule has 0 fully saturated rings. The molecule has 0 unspecified atom stereocenters. The van der Waals surface area contributed by atoms with E-state index in [1.54, 1.807) is 24.3 Å². The van der Waals surface area contributed by atoms with Crippen LogP contribution in [0.4, 0.5) is 0 Å². The Morgan fingerprint density at radius 3 is 2.41 bits per heavy atom. The second-order valence-electron chi connectivity index (χ2n) is 6.60. The van der Waals surface area contributed by atoms with Gasteiger partial charge in [-0.05, 0) is 41.8 Å². The minimum Gasteiger partial charge on any atom is -0.504 e. The van der Waals surface area contributed by atoms with Crippen molar-refractivity contribution < 1.29 is 18.3 Å². The minimum absolute atomic E-state index is 0.00520. The van der Waals surface area contributed by atoms with Gasteiger partial charge in [0.15, 0.2) is 11.5 Å². The summed E-state index contributed by atoms with van der Waals surface area (Å²) in [7, 11) is -3.78. The standard InChI is InChI=1S/C22H24N2O4S/c1-2-13-28-22-11-10-19(14-21(22)25)17-24(16-18-7-4-3-5-8-18)29(26,27)20-9-6-12-23-15-20/h3-12,14-15,25H,2,13,16-17H2,1H3. The van der Waals surface area contributed by atoms with Gasteiger partial charge in [0.2, 0.25) is 10.0 Å². The minimum atomic E-state index is -3.78. The molecule has 0 aliphatic heterocycles. The molecular weight excluding hydrogens is 388 g/mol. The van der Waals surface area contributed by atoms with E-state index in [0.29, 0.717) is 17.9 Å². The number of phenolic OH excluding ortho intramolecular Hbond substituents is 1. The van der Waals surface area contributed by atoms with Crippen molar-refractivity contribution in [2.75, 3.05) is 6.61 Å². The SMILES string of the molecule is CCCOc1ccc(CN(Cc2ccccc2)S(=O)(=O)c2cccnc2)cc1O. The zero-order valence-corrected chi connectivity index (χ0v) is 17.0. The summed E-state index contributed by atoms with van der Waals surface area (Å²) in [6.07, 6.45) is 3.70. The molecule has 1 heterocycles. The lowest BCUT2D eigenvalue weighted by molar-refractivity contribution is 0.299. The second-order valence-corrected chi connectivity index (χ2v) is 8.54. The molecule has 0 aliphatic carbocycles. The van der Waals surface area contributed by atoms with Gasteiger partial charge < -0.3 is 9.84 Å². The quantitative estimate of drug-likeness (QED) is 0.575. The van der Waals surface area contributed by atoms with Crippen LogP contribution in [-0.2, 0) is 23.1 Å². The lowest BCUT2D eigenvalue weighted by Crippen LogP contribution is -2.30. The number of hydrogen-bond donors (Lipinski definition) is 1. The molecule has 0 atom stereocenters. The largest absolute Gasteiger partial charge is 0.504 e. The Balaban J connectivity index is 1.90. The second kappa shape index (κ2) is 9.54. The maximum absolute atomic E-state index is 13.2. The average molecular weight is 413 g/mol. The van der Waals surface area contributed by atoms with Gasteiger partial charge in [-0.1, -0.05) is 43.3 Å². The van der Waals surface area contributed by atoms with Crippen molar-refractivity contribution in [3.05, 3.63) is 84.2 Å². The average Bonchev–Trinajstić information content (AvgIpc) is 2.74. The van der Waals surface area contributed by atoms with E-state index in [-0.39, 0.29) is 23.7 Å². The Morgan fingerprint density at radius 1 is 1.00 bits per heavy atom. The van der Waals surface area contributed by atoms with Crippen molar-refractivity contribution in [3.63, 3.8) is 0 Å². The number of benzene rings is 2. The third-order valence-corrected chi connectivity index (χ3v) is 6.09. The number of nitrogens with zero attached hydrogens (tertiary/aromatic N) is 2. The number of pyridine rings is 1. The summed E-state index contributed by atoms with van der Waals surface area (Å²) in [6, 6.07) is 17.5. The van der Waals surface area contributed by atoms with E-state index in [1.165, 1.54) is 22.8 Å². The molecule has 1 N–H and O–H groups in total. The number of aromatic hydroxyl groups is 1. The number of phenols is 1. The summed E-state index contributed by atoms with van der Waals surface area (Å²) in [5.74, 6) is 0.384. The Hall–Kier alpha value is -2.90. The number of ether oxygens (including phenoxy) is 1. The van der Waals surface area contributed by atoms with Crippen molar-refractivity contribution in [2.45, 2.75) is 31.3 Å². The summed E-state index contributed by atoms with van der Waals surface area (Å²) in [5, 5.41) is 10.2. The van der Waals surface area contributed by atoms with Crippen LogP contribution < -0.4 is 4.74 Å². The van der Waals surface area contributed by atoms with E-state index in [4.69, 9.17) is 4.74 Å². The van der Waals surface area contributed by atoms with Gasteiger partial charge in [-0.15, -0.1) is 0 Å². The first-order valence-electron chi connectivity index (χ1n) is 9.39. The zero-order chi connectivity index (χ0) is 20.7. The molecule has 2 aromatic carbocycles. The number of aromatic nitrogens is 1. The topological polar surface area (TPSA) is 79.7 Å². The van der Waals surface area contributed by atoms with Gasteiger partial charge in [-0.3, -0.25) is 4.98 Å². The highest BCUT2D eigenvalue weighted by Gasteiger charge is 2.25. The van der Waals surface area contributed by atoms with Gasteiger partial charge in [0, 0.05) is 25.5 Å². The summed E-state index contributed by atoms with van der Waals surface area (Å²) in [4.78, 5) is 4.07. The first-order chi connectivity index (χ1) is 14.0. The van der Waals surface area contributed by atoms with E-state index in [0.717, 1.165) is 12.0 Å². The molecule has 0 saturated carbocycles. The van der Waals surface area contributed by atoms with Gasteiger partial charge in [0.1, 0.15) is 4.90 Å². The van der Waals surface area contributed by atoms with Gasteiger partial charge in [-0.2, -0.15) is 4.31 Å². The normalized spacial score (nSPS) is 11.5. The van der Waals surface area contributed by atoms with Gasteiger partial charge in [0.05, 0.1) is 6.61 Å². The molecule has 0 amide bonds. The third-order valence-electron chi connectivity index (χ3n) is 4.32. The highest BCUT2D eigenvalue weighted by atomic mass is 32.2. The summed E-state index contributed by atoms with van der Waals surface area (Å²) in [5.41, 5.74) is 1.53. The fraction of sp³-hybridized carbons (Fsp3) is 0.227. The van der Waals surface area contributed by atoms with Crippen molar-refractivity contribution in [1.29, 1.82) is 0 Å². The van der Waals surface area contributed by atoms with Gasteiger partial charge in [-0.25, -0.2) is 8.42 Å². The fourth-order valence-electron chi connectivity index (χ4n) is 2.86. The summed E-state index contributed by atoms with van der Waals surface area (Å²) < 4.78 is 33.3. The molecule has 29 heavy (non-hydrogen) atoms. The van der Waals surface area contributed by atoms with E-state index >= 15 is 0 Å². The Bertz CT molecular complexity index is 1030. The maximum Gasteiger partial charge on any atom is 0.245 e. The van der Waals surface area contributed by atoms with Crippen LogP contribution in [0.25, 0.3) is 0 Å².